The first-order valence-corrected chi connectivity index (χ1v) is 9.12. The molecule has 2 atom stereocenters. The van der Waals surface area contributed by atoms with Crippen LogP contribution in [0.1, 0.15) is 57.9 Å². The number of nitrogens with zero attached hydrogens (tertiary/aromatic N) is 1. The van der Waals surface area contributed by atoms with Crippen molar-refractivity contribution in [2.24, 2.45) is 11.8 Å². The Morgan fingerprint density at radius 3 is 2.86 bits per heavy atom. The summed E-state index contributed by atoms with van der Waals surface area (Å²) in [6.07, 6.45) is 7.90. The molecule has 1 saturated heterocycles. The highest BCUT2D eigenvalue weighted by Crippen LogP contribution is 2.50. The lowest BCUT2D eigenvalue weighted by Gasteiger charge is -2.36. The summed E-state index contributed by atoms with van der Waals surface area (Å²) in [5.41, 5.74) is 1.71. The topological polar surface area (TPSA) is 23.5 Å². The van der Waals surface area contributed by atoms with Crippen molar-refractivity contribution in [1.82, 2.24) is 4.90 Å². The summed E-state index contributed by atoms with van der Waals surface area (Å²) in [6.45, 7) is 8.41. The molecular formula is C20H31NO. The number of phenolic OH excluding ortho intramolecular Hbond substituents is 1. The molecule has 1 heterocycles. The molecular weight excluding hydrogens is 270 g/mol. The van der Waals surface area contributed by atoms with Crippen LogP contribution in [0.2, 0.25) is 0 Å². The van der Waals surface area contributed by atoms with Crippen LogP contribution >= 0.6 is 0 Å². The van der Waals surface area contributed by atoms with Gasteiger partial charge in [-0.2, -0.15) is 0 Å². The fourth-order valence-electron chi connectivity index (χ4n) is 4.74. The van der Waals surface area contributed by atoms with Crippen molar-refractivity contribution in [3.63, 3.8) is 0 Å². The van der Waals surface area contributed by atoms with Crippen molar-refractivity contribution in [1.29, 1.82) is 0 Å². The summed E-state index contributed by atoms with van der Waals surface area (Å²) in [5.74, 6) is 1.99. The standard InChI is InChI=1S/C20H31NO/c1-16(2)9-13-21-12-5-11-20(10-4-7-18(20)15-21)17-6-3-8-19(22)14-17/h3,6,8,14,16,18,22H,4-5,7,9-13,15H2,1-2H3. The molecule has 0 aromatic heterocycles. The quantitative estimate of drug-likeness (QED) is 0.880. The molecule has 1 N–H and O–H groups in total. The Kier molecular flexibility index (Phi) is 4.77. The van der Waals surface area contributed by atoms with Gasteiger partial charge in [0, 0.05) is 6.54 Å². The smallest absolute Gasteiger partial charge is 0.115 e. The highest BCUT2D eigenvalue weighted by atomic mass is 16.3. The Bertz CT molecular complexity index is 498. The van der Waals surface area contributed by atoms with Gasteiger partial charge in [-0.05, 0) is 80.1 Å². The van der Waals surface area contributed by atoms with Gasteiger partial charge < -0.3 is 10.0 Å². The van der Waals surface area contributed by atoms with Crippen molar-refractivity contribution in [3.05, 3.63) is 29.8 Å². The zero-order chi connectivity index (χ0) is 15.6. The second-order valence-corrected chi connectivity index (χ2v) is 7.88. The molecule has 1 aromatic carbocycles. The number of hydrogen-bond acceptors (Lipinski definition) is 2. The van der Waals surface area contributed by atoms with E-state index in [0.717, 1.165) is 11.8 Å². The van der Waals surface area contributed by atoms with Crippen molar-refractivity contribution >= 4 is 0 Å². The van der Waals surface area contributed by atoms with Gasteiger partial charge in [0.1, 0.15) is 5.75 Å². The Morgan fingerprint density at radius 2 is 2.09 bits per heavy atom. The van der Waals surface area contributed by atoms with Gasteiger partial charge in [-0.3, -0.25) is 0 Å². The maximum atomic E-state index is 9.92. The largest absolute Gasteiger partial charge is 0.508 e. The predicted octanol–water partition coefficient (Wildman–Crippen LogP) is 4.57. The Morgan fingerprint density at radius 1 is 1.27 bits per heavy atom. The third kappa shape index (κ3) is 3.17. The lowest BCUT2D eigenvalue weighted by atomic mass is 9.69. The molecule has 1 aliphatic carbocycles. The summed E-state index contributed by atoms with van der Waals surface area (Å²) >= 11 is 0. The Labute approximate surface area is 135 Å². The van der Waals surface area contributed by atoms with Crippen LogP contribution in [0.3, 0.4) is 0 Å². The molecule has 2 heteroatoms. The molecule has 2 fully saturated rings. The molecule has 122 valence electrons. The van der Waals surface area contributed by atoms with E-state index in [9.17, 15) is 5.11 Å². The van der Waals surface area contributed by atoms with E-state index in [0.29, 0.717) is 11.2 Å². The third-order valence-corrected chi connectivity index (χ3v) is 5.98. The SMILES string of the molecule is CC(C)CCN1CCCC2(c3cccc(O)c3)CCCC2C1. The molecule has 0 spiro atoms. The maximum Gasteiger partial charge on any atom is 0.115 e. The van der Waals surface area contributed by atoms with Crippen LogP contribution < -0.4 is 0 Å². The fraction of sp³-hybridized carbons (Fsp3) is 0.700. The van der Waals surface area contributed by atoms with E-state index in [4.69, 9.17) is 0 Å². The van der Waals surface area contributed by atoms with Gasteiger partial charge in [-0.15, -0.1) is 0 Å². The zero-order valence-electron chi connectivity index (χ0n) is 14.2. The van der Waals surface area contributed by atoms with Crippen molar-refractivity contribution < 1.29 is 5.11 Å². The van der Waals surface area contributed by atoms with Gasteiger partial charge in [0.2, 0.25) is 0 Å². The zero-order valence-corrected chi connectivity index (χ0v) is 14.2. The van der Waals surface area contributed by atoms with Crippen LogP contribution in [0.25, 0.3) is 0 Å². The van der Waals surface area contributed by atoms with Gasteiger partial charge in [-0.1, -0.05) is 32.4 Å². The van der Waals surface area contributed by atoms with Gasteiger partial charge in [-0.25, -0.2) is 0 Å². The second-order valence-electron chi connectivity index (χ2n) is 7.88. The van der Waals surface area contributed by atoms with Crippen LogP contribution in [0, 0.1) is 11.8 Å². The average molecular weight is 301 g/mol. The number of fused-ring (bicyclic) bond motifs is 1. The van der Waals surface area contributed by atoms with E-state index in [-0.39, 0.29) is 0 Å². The van der Waals surface area contributed by atoms with Crippen LogP contribution in [0.15, 0.2) is 24.3 Å². The summed E-state index contributed by atoms with van der Waals surface area (Å²) < 4.78 is 0. The molecule has 1 saturated carbocycles. The maximum absolute atomic E-state index is 9.92. The lowest BCUT2D eigenvalue weighted by Crippen LogP contribution is -2.36. The van der Waals surface area contributed by atoms with E-state index < -0.39 is 0 Å². The van der Waals surface area contributed by atoms with Crippen LogP contribution in [0.4, 0.5) is 0 Å². The van der Waals surface area contributed by atoms with Gasteiger partial charge >= 0.3 is 0 Å². The molecule has 2 unspecified atom stereocenters. The van der Waals surface area contributed by atoms with E-state index >= 15 is 0 Å². The number of hydrogen-bond donors (Lipinski definition) is 1. The number of rotatable bonds is 4. The normalized spacial score (nSPS) is 29.5. The first-order valence-electron chi connectivity index (χ1n) is 9.12. The van der Waals surface area contributed by atoms with Crippen molar-refractivity contribution in [3.8, 4) is 5.75 Å². The predicted molar refractivity (Wildman–Crippen MR) is 92.3 cm³/mol. The highest BCUT2D eigenvalue weighted by Gasteiger charge is 2.45. The first-order chi connectivity index (χ1) is 10.6. The molecule has 2 aliphatic rings. The number of likely N-dealkylation sites (tertiary alicyclic amines) is 1. The van der Waals surface area contributed by atoms with Crippen LogP contribution in [-0.4, -0.2) is 29.6 Å². The molecule has 0 bridgehead atoms. The number of aromatic hydroxyl groups is 1. The molecule has 1 aromatic rings. The number of benzene rings is 1. The summed E-state index contributed by atoms with van der Waals surface area (Å²) in [4.78, 5) is 2.71. The lowest BCUT2D eigenvalue weighted by molar-refractivity contribution is 0.212. The highest BCUT2D eigenvalue weighted by molar-refractivity contribution is 5.35. The van der Waals surface area contributed by atoms with Gasteiger partial charge in [0.05, 0.1) is 0 Å². The fourth-order valence-corrected chi connectivity index (χ4v) is 4.74. The Balaban J connectivity index is 1.79. The second kappa shape index (κ2) is 6.62. The van der Waals surface area contributed by atoms with E-state index in [2.05, 4.69) is 24.8 Å². The number of phenols is 1. The van der Waals surface area contributed by atoms with E-state index in [1.807, 2.05) is 12.1 Å². The van der Waals surface area contributed by atoms with E-state index in [1.165, 1.54) is 63.7 Å². The van der Waals surface area contributed by atoms with Crippen LogP contribution in [0.5, 0.6) is 5.75 Å². The first kappa shape index (κ1) is 15.9. The minimum absolute atomic E-state index is 0.325. The monoisotopic (exact) mass is 301 g/mol. The third-order valence-electron chi connectivity index (χ3n) is 5.98. The summed E-state index contributed by atoms with van der Waals surface area (Å²) in [5, 5.41) is 9.92. The molecule has 0 radical (unpaired) electrons. The minimum atomic E-state index is 0.325. The van der Waals surface area contributed by atoms with Crippen molar-refractivity contribution in [2.45, 2.75) is 57.8 Å². The van der Waals surface area contributed by atoms with Gasteiger partial charge in [0.15, 0.2) is 0 Å². The molecule has 2 nitrogen and oxygen atoms in total. The molecule has 0 amide bonds. The van der Waals surface area contributed by atoms with Crippen molar-refractivity contribution in [2.75, 3.05) is 19.6 Å². The summed E-state index contributed by atoms with van der Waals surface area (Å²) in [7, 11) is 0. The molecule has 22 heavy (non-hydrogen) atoms. The molecule has 3 rings (SSSR count). The summed E-state index contributed by atoms with van der Waals surface area (Å²) in [6, 6.07) is 8.11. The van der Waals surface area contributed by atoms with E-state index in [1.54, 1.807) is 6.07 Å². The molecule has 1 aliphatic heterocycles. The van der Waals surface area contributed by atoms with Gasteiger partial charge in [0.25, 0.3) is 0 Å². The Hall–Kier alpha value is -1.02. The minimum Gasteiger partial charge on any atom is -0.508 e. The average Bonchev–Trinajstić information content (AvgIpc) is 2.80. The van der Waals surface area contributed by atoms with Crippen LogP contribution in [-0.2, 0) is 5.41 Å².